The van der Waals surface area contributed by atoms with Crippen LogP contribution in [0, 0.1) is 10.1 Å². The number of benzene rings is 1. The van der Waals surface area contributed by atoms with E-state index < -0.39 is 4.92 Å². The first-order valence-electron chi connectivity index (χ1n) is 7.15. The maximum absolute atomic E-state index is 12.7. The van der Waals surface area contributed by atoms with Gasteiger partial charge in [-0.05, 0) is 31.4 Å². The third kappa shape index (κ3) is 3.30. The quantitative estimate of drug-likeness (QED) is 0.456. The highest BCUT2D eigenvalue weighted by Crippen LogP contribution is 2.33. The number of nitrogens with two attached hydrogens (primary N) is 1. The topological polar surface area (TPSA) is 102 Å². The van der Waals surface area contributed by atoms with Crippen LogP contribution in [-0.2, 0) is 0 Å². The first kappa shape index (κ1) is 15.2. The number of nitrogens with zero attached hydrogens (tertiary/aromatic N) is 2. The fourth-order valence-corrected chi connectivity index (χ4v) is 2.35. The number of anilines is 1. The molecule has 2 rings (SSSR count). The molecule has 1 amide bonds. The van der Waals surface area contributed by atoms with Gasteiger partial charge in [-0.3, -0.25) is 20.8 Å². The minimum atomic E-state index is -0.562. The number of carbonyl (C=O) groups excluding carboxylic acids is 1. The minimum absolute atomic E-state index is 0.0958. The third-order valence-electron chi connectivity index (χ3n) is 3.61. The number of nitro benzene ring substituents is 1. The Kier molecular flexibility index (Phi) is 4.74. The van der Waals surface area contributed by atoms with Crippen molar-refractivity contribution in [2.45, 2.75) is 38.6 Å². The molecule has 1 saturated carbocycles. The Morgan fingerprint density at radius 3 is 2.76 bits per heavy atom. The monoisotopic (exact) mass is 292 g/mol. The van der Waals surface area contributed by atoms with Crippen molar-refractivity contribution < 1.29 is 9.72 Å². The smallest absolute Gasteiger partial charge is 0.306 e. The molecular formula is C14H20N4O3. The summed E-state index contributed by atoms with van der Waals surface area (Å²) in [7, 11) is 0. The van der Waals surface area contributed by atoms with Crippen LogP contribution in [0.4, 0.5) is 11.4 Å². The van der Waals surface area contributed by atoms with Gasteiger partial charge in [-0.1, -0.05) is 19.4 Å². The molecule has 7 nitrogen and oxygen atoms in total. The van der Waals surface area contributed by atoms with E-state index >= 15 is 0 Å². The van der Waals surface area contributed by atoms with Crippen molar-refractivity contribution in [3.05, 3.63) is 33.9 Å². The second kappa shape index (κ2) is 6.53. The van der Waals surface area contributed by atoms with Gasteiger partial charge in [0.2, 0.25) is 0 Å². The van der Waals surface area contributed by atoms with Crippen molar-refractivity contribution in [3.63, 3.8) is 0 Å². The van der Waals surface area contributed by atoms with Gasteiger partial charge in [0.15, 0.2) is 0 Å². The van der Waals surface area contributed by atoms with Crippen LogP contribution < -0.4 is 11.3 Å². The molecule has 7 heteroatoms. The molecule has 1 aromatic rings. The van der Waals surface area contributed by atoms with Crippen molar-refractivity contribution in [1.29, 1.82) is 0 Å². The molecule has 0 heterocycles. The van der Waals surface area contributed by atoms with E-state index in [0.717, 1.165) is 25.7 Å². The number of rotatable bonds is 7. The number of para-hydroxylation sites is 1. The third-order valence-corrected chi connectivity index (χ3v) is 3.61. The molecule has 1 aliphatic rings. The van der Waals surface area contributed by atoms with Gasteiger partial charge in [-0.15, -0.1) is 0 Å². The highest BCUT2D eigenvalue weighted by molar-refractivity contribution is 6.00. The van der Waals surface area contributed by atoms with E-state index in [1.165, 1.54) is 12.1 Å². The summed E-state index contributed by atoms with van der Waals surface area (Å²) in [5.74, 6) is 5.02. The number of amides is 1. The number of nitrogen functional groups attached to an aromatic ring is 1. The van der Waals surface area contributed by atoms with E-state index in [9.17, 15) is 14.9 Å². The highest BCUT2D eigenvalue weighted by Gasteiger charge is 2.35. The van der Waals surface area contributed by atoms with Crippen molar-refractivity contribution in [1.82, 2.24) is 4.90 Å². The Bertz CT molecular complexity index is 543. The zero-order valence-corrected chi connectivity index (χ0v) is 12.0. The summed E-state index contributed by atoms with van der Waals surface area (Å²) in [6, 6.07) is 4.80. The molecule has 0 saturated heterocycles. The number of carbonyl (C=O) groups is 1. The van der Waals surface area contributed by atoms with Gasteiger partial charge in [-0.25, -0.2) is 0 Å². The van der Waals surface area contributed by atoms with Crippen LogP contribution in [0.3, 0.4) is 0 Å². The van der Waals surface area contributed by atoms with Gasteiger partial charge in [0.25, 0.3) is 5.91 Å². The molecule has 1 aromatic carbocycles. The van der Waals surface area contributed by atoms with E-state index in [4.69, 9.17) is 5.84 Å². The zero-order valence-electron chi connectivity index (χ0n) is 12.0. The molecule has 1 aliphatic carbocycles. The van der Waals surface area contributed by atoms with Gasteiger partial charge in [-0.2, -0.15) is 0 Å². The van der Waals surface area contributed by atoms with Gasteiger partial charge in [0.05, 0.1) is 4.92 Å². The summed E-state index contributed by atoms with van der Waals surface area (Å²) in [5.41, 5.74) is 2.28. The zero-order chi connectivity index (χ0) is 15.4. The van der Waals surface area contributed by atoms with Crippen molar-refractivity contribution >= 4 is 17.3 Å². The summed E-state index contributed by atoms with van der Waals surface area (Å²) in [5, 5.41) is 11.3. The summed E-state index contributed by atoms with van der Waals surface area (Å²) in [6.45, 7) is 2.69. The van der Waals surface area contributed by atoms with E-state index in [0.29, 0.717) is 6.54 Å². The minimum Gasteiger partial charge on any atom is -0.335 e. The number of nitrogens with one attached hydrogen (secondary N) is 1. The van der Waals surface area contributed by atoms with E-state index in [1.807, 2.05) is 0 Å². The lowest BCUT2D eigenvalue weighted by Gasteiger charge is -2.22. The van der Waals surface area contributed by atoms with E-state index in [2.05, 4.69) is 12.3 Å². The average molecular weight is 292 g/mol. The van der Waals surface area contributed by atoms with Gasteiger partial charge >= 0.3 is 5.69 Å². The van der Waals surface area contributed by atoms with Gasteiger partial charge in [0.1, 0.15) is 11.3 Å². The summed E-state index contributed by atoms with van der Waals surface area (Å²) >= 11 is 0. The number of hydrazine groups is 1. The van der Waals surface area contributed by atoms with Crippen molar-refractivity contribution in [3.8, 4) is 0 Å². The lowest BCUT2D eigenvalue weighted by atomic mass is 10.1. The van der Waals surface area contributed by atoms with Crippen LogP contribution in [0.15, 0.2) is 18.2 Å². The van der Waals surface area contributed by atoms with Gasteiger partial charge < -0.3 is 10.3 Å². The number of hydrogen-bond acceptors (Lipinski definition) is 5. The Morgan fingerprint density at radius 1 is 1.52 bits per heavy atom. The first-order valence-corrected chi connectivity index (χ1v) is 7.15. The SMILES string of the molecule is CCCCN(C(=O)c1cccc(NN)c1[N+](=O)[O-])C1CC1. The predicted octanol–water partition coefficient (Wildman–Crippen LogP) is 2.29. The maximum atomic E-state index is 12.7. The fourth-order valence-electron chi connectivity index (χ4n) is 2.35. The Morgan fingerprint density at radius 2 is 2.24 bits per heavy atom. The lowest BCUT2D eigenvalue weighted by Crippen LogP contribution is -2.34. The van der Waals surface area contributed by atoms with Crippen LogP contribution in [0.1, 0.15) is 43.0 Å². The fraction of sp³-hybridized carbons (Fsp3) is 0.500. The van der Waals surface area contributed by atoms with Crippen LogP contribution in [0.2, 0.25) is 0 Å². The molecule has 0 aromatic heterocycles. The van der Waals surface area contributed by atoms with Crippen LogP contribution >= 0.6 is 0 Å². The Balaban J connectivity index is 2.34. The average Bonchev–Trinajstić information content (AvgIpc) is 3.31. The number of nitro groups is 1. The summed E-state index contributed by atoms with van der Waals surface area (Å²) < 4.78 is 0. The Hall–Kier alpha value is -2.15. The maximum Gasteiger partial charge on any atom is 0.306 e. The molecule has 0 spiro atoms. The normalized spacial score (nSPS) is 13.8. The molecule has 114 valence electrons. The summed E-state index contributed by atoms with van der Waals surface area (Å²) in [4.78, 5) is 25.1. The molecule has 1 fully saturated rings. The van der Waals surface area contributed by atoms with E-state index in [-0.39, 0.29) is 28.9 Å². The molecule has 21 heavy (non-hydrogen) atoms. The molecule has 0 atom stereocenters. The van der Waals surface area contributed by atoms with Crippen LogP contribution in [0.5, 0.6) is 0 Å². The number of unbranched alkanes of at least 4 members (excludes halogenated alkanes) is 1. The second-order valence-electron chi connectivity index (χ2n) is 5.19. The van der Waals surface area contributed by atoms with E-state index in [1.54, 1.807) is 11.0 Å². The predicted molar refractivity (Wildman–Crippen MR) is 79.9 cm³/mol. The first-order chi connectivity index (χ1) is 10.1. The molecule has 0 aliphatic heterocycles. The largest absolute Gasteiger partial charge is 0.335 e. The molecule has 3 N–H and O–H groups in total. The van der Waals surface area contributed by atoms with Gasteiger partial charge in [0, 0.05) is 12.6 Å². The lowest BCUT2D eigenvalue weighted by molar-refractivity contribution is -0.384. The highest BCUT2D eigenvalue weighted by atomic mass is 16.6. The van der Waals surface area contributed by atoms with Crippen molar-refractivity contribution in [2.24, 2.45) is 5.84 Å². The Labute approximate surface area is 123 Å². The molecule has 0 radical (unpaired) electrons. The second-order valence-corrected chi connectivity index (χ2v) is 5.19. The van der Waals surface area contributed by atoms with Crippen LogP contribution in [0.25, 0.3) is 0 Å². The van der Waals surface area contributed by atoms with Crippen LogP contribution in [-0.4, -0.2) is 28.3 Å². The van der Waals surface area contributed by atoms with Crippen molar-refractivity contribution in [2.75, 3.05) is 12.0 Å². The number of hydrogen-bond donors (Lipinski definition) is 2. The molecule has 0 unspecified atom stereocenters. The molecule has 0 bridgehead atoms. The molecular weight excluding hydrogens is 272 g/mol. The standard InChI is InChI=1S/C14H20N4O3/c1-2-3-9-17(10-7-8-10)14(19)11-5-4-6-12(16-15)13(11)18(20)21/h4-6,10,16H,2-3,7-9,15H2,1H3. The summed E-state index contributed by atoms with van der Waals surface area (Å²) in [6.07, 6.45) is 3.81.